The summed E-state index contributed by atoms with van der Waals surface area (Å²) in [5.74, 6) is 12.0. The van der Waals surface area contributed by atoms with Gasteiger partial charge >= 0.3 is 0 Å². The minimum atomic E-state index is 0.223. The first-order valence-corrected chi connectivity index (χ1v) is 23.0. The molecule has 8 fully saturated rings. The summed E-state index contributed by atoms with van der Waals surface area (Å²) in [6.07, 6.45) is 27.6. The summed E-state index contributed by atoms with van der Waals surface area (Å²) >= 11 is 0. The topological polar surface area (TPSA) is 0 Å². The van der Waals surface area contributed by atoms with Crippen LogP contribution in [0.4, 0.5) is 0 Å². The number of rotatable bonds is 7. The molecule has 8 saturated carbocycles. The van der Waals surface area contributed by atoms with Gasteiger partial charge in [0.15, 0.2) is 0 Å². The molecule has 0 aliphatic heterocycles. The zero-order chi connectivity index (χ0) is 40.0. The Morgan fingerprint density at radius 3 is 1.33 bits per heavy atom. The van der Waals surface area contributed by atoms with Crippen molar-refractivity contribution in [2.24, 2.45) is 46.3 Å². The van der Waals surface area contributed by atoms with Crippen molar-refractivity contribution in [3.63, 3.8) is 0 Å². The first-order chi connectivity index (χ1) is 29.5. The molecular formula is C60H54. The molecule has 0 heterocycles. The molecule has 6 unspecified atom stereocenters. The first kappa shape index (κ1) is 36.3. The normalized spacial score (nSPS) is 31.8. The molecule has 0 aromatic heterocycles. The van der Waals surface area contributed by atoms with Crippen molar-refractivity contribution >= 4 is 0 Å². The van der Waals surface area contributed by atoms with E-state index in [1.807, 2.05) is 0 Å². The van der Waals surface area contributed by atoms with Crippen LogP contribution >= 0.6 is 0 Å². The van der Waals surface area contributed by atoms with E-state index in [0.717, 1.165) is 34.8 Å². The summed E-state index contributed by atoms with van der Waals surface area (Å²) in [6.45, 7) is 0. The van der Waals surface area contributed by atoms with E-state index in [-0.39, 0.29) is 5.41 Å². The van der Waals surface area contributed by atoms with Crippen molar-refractivity contribution in [2.45, 2.75) is 76.0 Å². The quantitative estimate of drug-likeness (QED) is 0.142. The largest absolute Gasteiger partial charge is 0.115 e. The fourth-order valence-corrected chi connectivity index (χ4v) is 15.9. The van der Waals surface area contributed by atoms with Gasteiger partial charge in [-0.25, -0.2) is 0 Å². The smallest absolute Gasteiger partial charge is 0.0356 e. The van der Waals surface area contributed by atoms with Gasteiger partial charge in [-0.15, -0.1) is 12.8 Å². The predicted molar refractivity (Wildman–Crippen MR) is 248 cm³/mol. The van der Waals surface area contributed by atoms with Crippen molar-refractivity contribution < 1.29 is 0 Å². The highest BCUT2D eigenvalue weighted by Gasteiger charge is 2.70. The SMILES string of the molecule is C#Cc1c(-c2ccccc2)cc(-c2ccccc2)cc1C1C2CC3CC1C(c1cc(-c4ccccc4)cc(-c4ccccc4)c1C#C)C(C14CC5CC(CC(C5)C1)C4)(C3)C2. The Morgan fingerprint density at radius 1 is 0.417 bits per heavy atom. The van der Waals surface area contributed by atoms with E-state index < -0.39 is 0 Å². The van der Waals surface area contributed by atoms with E-state index in [4.69, 9.17) is 12.8 Å². The second-order valence-corrected chi connectivity index (χ2v) is 20.3. The predicted octanol–water partition coefficient (Wildman–Crippen LogP) is 14.8. The molecule has 6 atom stereocenters. The van der Waals surface area contributed by atoms with Crippen LogP contribution in [-0.2, 0) is 0 Å². The molecule has 0 N–H and O–H groups in total. The maximum absolute atomic E-state index is 6.90. The van der Waals surface area contributed by atoms with Crippen LogP contribution in [0.1, 0.15) is 98.3 Å². The third kappa shape index (κ3) is 5.53. The zero-order valence-electron chi connectivity index (χ0n) is 34.7. The fourth-order valence-electron chi connectivity index (χ4n) is 15.9. The van der Waals surface area contributed by atoms with Gasteiger partial charge in [-0.05, 0) is 202 Å². The minimum Gasteiger partial charge on any atom is -0.115 e. The highest BCUT2D eigenvalue weighted by Crippen LogP contribution is 2.80. The lowest BCUT2D eigenvalue weighted by Gasteiger charge is -2.74. The van der Waals surface area contributed by atoms with E-state index in [9.17, 15) is 0 Å². The summed E-state index contributed by atoms with van der Waals surface area (Å²) in [7, 11) is 0. The van der Waals surface area contributed by atoms with Crippen LogP contribution in [0.25, 0.3) is 44.5 Å². The lowest BCUT2D eigenvalue weighted by atomic mass is 9.30. The fraction of sp³-hybridized carbons (Fsp3) is 0.333. The summed E-state index contributed by atoms with van der Waals surface area (Å²) in [5.41, 5.74) is 15.6. The Labute approximate surface area is 357 Å². The summed E-state index contributed by atoms with van der Waals surface area (Å²) < 4.78 is 0. The number of hydrogen-bond donors (Lipinski definition) is 0. The third-order valence-electron chi connectivity index (χ3n) is 17.3. The molecule has 60 heavy (non-hydrogen) atoms. The van der Waals surface area contributed by atoms with Crippen LogP contribution in [0.3, 0.4) is 0 Å². The Hall–Kier alpha value is -5.56. The Balaban J connectivity index is 1.13. The molecule has 0 amide bonds. The average Bonchev–Trinajstić information content (AvgIpc) is 3.29. The molecule has 0 heteroatoms. The number of terminal acetylenes is 2. The Bertz CT molecular complexity index is 2640. The maximum atomic E-state index is 6.90. The lowest BCUT2D eigenvalue weighted by molar-refractivity contribution is -0.217. The van der Waals surface area contributed by atoms with Crippen molar-refractivity contribution in [3.05, 3.63) is 168 Å². The Morgan fingerprint density at radius 2 is 0.850 bits per heavy atom. The van der Waals surface area contributed by atoms with Crippen LogP contribution in [0, 0.1) is 71.0 Å². The molecule has 0 saturated heterocycles. The van der Waals surface area contributed by atoms with Gasteiger partial charge in [-0.2, -0.15) is 0 Å². The number of benzene rings is 6. The second-order valence-electron chi connectivity index (χ2n) is 20.3. The molecule has 8 aliphatic rings. The lowest BCUT2D eigenvalue weighted by Crippen LogP contribution is -2.65. The van der Waals surface area contributed by atoms with E-state index in [1.54, 1.807) is 0 Å². The average molecular weight is 775 g/mol. The van der Waals surface area contributed by atoms with Gasteiger partial charge in [-0.1, -0.05) is 133 Å². The van der Waals surface area contributed by atoms with E-state index in [2.05, 4.69) is 157 Å². The Kier molecular flexibility index (Phi) is 8.47. The van der Waals surface area contributed by atoms with Gasteiger partial charge in [0.2, 0.25) is 0 Å². The zero-order valence-corrected chi connectivity index (χ0v) is 34.7. The first-order valence-electron chi connectivity index (χ1n) is 23.0. The van der Waals surface area contributed by atoms with Crippen LogP contribution in [0.2, 0.25) is 0 Å². The molecule has 0 radical (unpaired) electrons. The van der Waals surface area contributed by atoms with E-state index >= 15 is 0 Å². The third-order valence-corrected chi connectivity index (χ3v) is 17.3. The van der Waals surface area contributed by atoms with Gasteiger partial charge < -0.3 is 0 Å². The van der Waals surface area contributed by atoms with Crippen molar-refractivity contribution in [3.8, 4) is 69.2 Å². The van der Waals surface area contributed by atoms with Gasteiger partial charge in [0.05, 0.1) is 0 Å². The minimum absolute atomic E-state index is 0.223. The van der Waals surface area contributed by atoms with Gasteiger partial charge in [0, 0.05) is 11.1 Å². The van der Waals surface area contributed by atoms with Gasteiger partial charge in [0.25, 0.3) is 0 Å². The van der Waals surface area contributed by atoms with Crippen LogP contribution < -0.4 is 0 Å². The second kappa shape index (κ2) is 14.0. The van der Waals surface area contributed by atoms with Crippen LogP contribution in [0.5, 0.6) is 0 Å². The van der Waals surface area contributed by atoms with Crippen LogP contribution in [0.15, 0.2) is 146 Å². The molecule has 14 rings (SSSR count). The molecule has 8 bridgehead atoms. The highest BCUT2D eigenvalue weighted by atomic mass is 14.7. The monoisotopic (exact) mass is 774 g/mol. The molecule has 6 aromatic carbocycles. The molecular weight excluding hydrogens is 721 g/mol. The van der Waals surface area contributed by atoms with Crippen molar-refractivity contribution in [1.29, 1.82) is 0 Å². The summed E-state index contributed by atoms with van der Waals surface area (Å²) in [4.78, 5) is 0. The molecule has 0 nitrogen and oxygen atoms in total. The highest BCUT2D eigenvalue weighted by molar-refractivity contribution is 5.82. The maximum Gasteiger partial charge on any atom is 0.0356 e. The molecule has 0 spiro atoms. The van der Waals surface area contributed by atoms with Gasteiger partial charge in [0.1, 0.15) is 0 Å². The van der Waals surface area contributed by atoms with E-state index in [0.29, 0.717) is 29.1 Å². The summed E-state index contributed by atoms with van der Waals surface area (Å²) in [5, 5.41) is 0. The van der Waals surface area contributed by atoms with Gasteiger partial charge in [-0.3, -0.25) is 0 Å². The standard InChI is InChI=1S/C60H54/c1-3-50-52(45-21-13-7-14-22-45)30-47(43-17-9-5-10-18-43)32-54(50)57-49-28-42-29-56(57)58(60(37-42,38-49)59-34-39-25-40(35-59)27-41(26-39)36-59)55-33-48(44-19-11-6-12-20-44)31-53(51(55)4-2)46-23-15-8-16-24-46/h1-2,5-24,30-33,39-42,49,56-58H,25-29,34-38H2. The van der Waals surface area contributed by atoms with E-state index in [1.165, 1.54) is 120 Å². The number of hydrogen-bond acceptors (Lipinski definition) is 0. The summed E-state index contributed by atoms with van der Waals surface area (Å²) in [6, 6.07) is 53.9. The van der Waals surface area contributed by atoms with Crippen molar-refractivity contribution in [1.82, 2.24) is 0 Å². The molecule has 6 aromatic rings. The van der Waals surface area contributed by atoms with Crippen molar-refractivity contribution in [2.75, 3.05) is 0 Å². The molecule has 8 aliphatic carbocycles. The molecule has 294 valence electrons. The van der Waals surface area contributed by atoms with Crippen LogP contribution in [-0.4, -0.2) is 0 Å².